The molecule has 0 aliphatic heterocycles. The van der Waals surface area contributed by atoms with Gasteiger partial charge in [-0.3, -0.25) is 0 Å². The molecule has 4 nitrogen and oxygen atoms in total. The van der Waals surface area contributed by atoms with E-state index in [0.717, 1.165) is 17.4 Å². The van der Waals surface area contributed by atoms with Gasteiger partial charge in [-0.05, 0) is 18.9 Å². The number of benzene rings is 1. The molecule has 5 heteroatoms. The van der Waals surface area contributed by atoms with Gasteiger partial charge in [0.25, 0.3) is 0 Å². The monoisotopic (exact) mass is 272 g/mol. The molecule has 1 aromatic carbocycles. The van der Waals surface area contributed by atoms with Crippen molar-refractivity contribution >= 4 is 9.84 Å². The van der Waals surface area contributed by atoms with E-state index in [1.807, 2.05) is 31.2 Å². The topological polar surface area (TPSA) is 74.6 Å². The van der Waals surface area contributed by atoms with Crippen LogP contribution in [0.4, 0.5) is 0 Å². The molecule has 0 aliphatic rings. The smallest absolute Gasteiger partial charge is 0.147 e. The predicted octanol–water partition coefficient (Wildman–Crippen LogP) is 0.652. The minimum atomic E-state index is -3.12. The number of aryl methyl sites for hydroxylation is 1. The van der Waals surface area contributed by atoms with Gasteiger partial charge in [0.05, 0.1) is 19.0 Å². The normalized spacial score (nSPS) is 12.7. The third kappa shape index (κ3) is 3.80. The summed E-state index contributed by atoms with van der Waals surface area (Å²) in [5.74, 6) is -0.0536. The summed E-state index contributed by atoms with van der Waals surface area (Å²) >= 11 is 0. The minimum absolute atomic E-state index is 0.0536. The lowest BCUT2D eigenvalue weighted by atomic mass is 9.79. The summed E-state index contributed by atoms with van der Waals surface area (Å²) < 4.78 is 22.5. The molecule has 0 aliphatic carbocycles. The fourth-order valence-electron chi connectivity index (χ4n) is 1.82. The maximum Gasteiger partial charge on any atom is 0.147 e. The van der Waals surface area contributed by atoms with E-state index in [2.05, 4.69) is 0 Å². The van der Waals surface area contributed by atoms with Crippen LogP contribution in [0, 0.1) is 6.92 Å². The molecule has 0 radical (unpaired) electrons. The van der Waals surface area contributed by atoms with Gasteiger partial charge in [-0.2, -0.15) is 0 Å². The largest absolute Gasteiger partial charge is 0.395 e. The lowest BCUT2D eigenvalue weighted by Crippen LogP contribution is -2.36. The van der Waals surface area contributed by atoms with Crippen LogP contribution in [-0.2, 0) is 15.3 Å². The third-order valence-electron chi connectivity index (χ3n) is 3.22. The van der Waals surface area contributed by atoms with Crippen LogP contribution in [-0.4, -0.2) is 43.9 Å². The van der Waals surface area contributed by atoms with Crippen LogP contribution in [0.2, 0.25) is 0 Å². The molecule has 18 heavy (non-hydrogen) atoms. The van der Waals surface area contributed by atoms with Crippen molar-refractivity contribution in [2.24, 2.45) is 0 Å². The molecular weight excluding hydrogens is 252 g/mol. The van der Waals surface area contributed by atoms with Gasteiger partial charge in [0.1, 0.15) is 9.84 Å². The standard InChI is InChI=1S/C13H20O4S/c1-11-3-5-12(6-4-11)13(9-14,10-15)7-8-18(2,16)17/h3-6,14-15H,7-10H2,1-2H3. The van der Waals surface area contributed by atoms with E-state index >= 15 is 0 Å². The van der Waals surface area contributed by atoms with Gasteiger partial charge in [-0.25, -0.2) is 8.42 Å². The van der Waals surface area contributed by atoms with Crippen LogP contribution < -0.4 is 0 Å². The Bertz CT molecular complexity index is 472. The number of hydrogen-bond acceptors (Lipinski definition) is 4. The van der Waals surface area contributed by atoms with Crippen molar-refractivity contribution in [2.75, 3.05) is 25.2 Å². The third-order valence-corrected chi connectivity index (χ3v) is 4.17. The molecule has 1 rings (SSSR count). The van der Waals surface area contributed by atoms with Crippen molar-refractivity contribution in [1.82, 2.24) is 0 Å². The molecule has 0 aromatic heterocycles. The van der Waals surface area contributed by atoms with Crippen LogP contribution in [0.3, 0.4) is 0 Å². The van der Waals surface area contributed by atoms with Gasteiger partial charge in [0, 0.05) is 11.7 Å². The van der Waals surface area contributed by atoms with Gasteiger partial charge in [-0.1, -0.05) is 29.8 Å². The van der Waals surface area contributed by atoms with Gasteiger partial charge >= 0.3 is 0 Å². The van der Waals surface area contributed by atoms with Gasteiger partial charge < -0.3 is 10.2 Å². The summed E-state index contributed by atoms with van der Waals surface area (Å²) in [4.78, 5) is 0. The van der Waals surface area contributed by atoms with E-state index in [1.165, 1.54) is 0 Å². The Balaban J connectivity index is 3.02. The number of aliphatic hydroxyl groups excluding tert-OH is 2. The summed E-state index contributed by atoms with van der Waals surface area (Å²) in [7, 11) is -3.12. The van der Waals surface area contributed by atoms with Crippen LogP contribution in [0.1, 0.15) is 17.5 Å². The lowest BCUT2D eigenvalue weighted by molar-refractivity contribution is 0.114. The summed E-state index contributed by atoms with van der Waals surface area (Å²) in [6.45, 7) is 1.39. The molecule has 0 atom stereocenters. The summed E-state index contributed by atoms with van der Waals surface area (Å²) in [6, 6.07) is 7.42. The molecule has 0 heterocycles. The van der Waals surface area contributed by atoms with Crippen LogP contribution in [0.15, 0.2) is 24.3 Å². The fraction of sp³-hybridized carbons (Fsp3) is 0.538. The Kier molecular flexibility index (Phi) is 4.90. The Labute approximate surface area is 108 Å². The van der Waals surface area contributed by atoms with E-state index in [0.29, 0.717) is 0 Å². The molecule has 0 spiro atoms. The molecule has 0 saturated heterocycles. The molecule has 2 N–H and O–H groups in total. The molecule has 0 fully saturated rings. The fourth-order valence-corrected chi connectivity index (χ4v) is 2.58. The average molecular weight is 272 g/mol. The zero-order valence-electron chi connectivity index (χ0n) is 10.8. The summed E-state index contributed by atoms with van der Waals surface area (Å²) in [6.07, 6.45) is 1.36. The Morgan fingerprint density at radius 1 is 1.11 bits per heavy atom. The SMILES string of the molecule is Cc1ccc(C(CO)(CO)CCS(C)(=O)=O)cc1. The van der Waals surface area contributed by atoms with Crippen molar-refractivity contribution in [3.63, 3.8) is 0 Å². The maximum absolute atomic E-state index is 11.2. The molecule has 102 valence electrons. The van der Waals surface area contributed by atoms with Crippen molar-refractivity contribution in [1.29, 1.82) is 0 Å². The second kappa shape index (κ2) is 5.82. The molecule has 0 unspecified atom stereocenters. The minimum Gasteiger partial charge on any atom is -0.395 e. The van der Waals surface area contributed by atoms with E-state index in [9.17, 15) is 18.6 Å². The van der Waals surface area contributed by atoms with Crippen LogP contribution in [0.5, 0.6) is 0 Å². The van der Waals surface area contributed by atoms with E-state index in [-0.39, 0.29) is 25.4 Å². The zero-order valence-corrected chi connectivity index (χ0v) is 11.6. The Morgan fingerprint density at radius 3 is 2.00 bits per heavy atom. The lowest BCUT2D eigenvalue weighted by Gasteiger charge is -2.30. The average Bonchev–Trinajstić information content (AvgIpc) is 2.32. The van der Waals surface area contributed by atoms with Crippen molar-refractivity contribution in [3.05, 3.63) is 35.4 Å². The molecule has 0 saturated carbocycles. The molecule has 0 bridgehead atoms. The van der Waals surface area contributed by atoms with Crippen molar-refractivity contribution < 1.29 is 18.6 Å². The second-order valence-corrected chi connectivity index (χ2v) is 7.10. The first-order valence-electron chi connectivity index (χ1n) is 5.79. The number of rotatable bonds is 6. The van der Waals surface area contributed by atoms with Crippen molar-refractivity contribution in [3.8, 4) is 0 Å². The van der Waals surface area contributed by atoms with Crippen molar-refractivity contribution in [2.45, 2.75) is 18.8 Å². The van der Waals surface area contributed by atoms with Gasteiger partial charge in [0.15, 0.2) is 0 Å². The summed E-state index contributed by atoms with van der Waals surface area (Å²) in [5.41, 5.74) is 0.949. The zero-order chi connectivity index (χ0) is 13.8. The Morgan fingerprint density at radius 2 is 1.61 bits per heavy atom. The first kappa shape index (κ1) is 15.1. The number of sulfone groups is 1. The van der Waals surface area contributed by atoms with E-state index in [4.69, 9.17) is 0 Å². The highest BCUT2D eigenvalue weighted by molar-refractivity contribution is 7.90. The highest BCUT2D eigenvalue weighted by atomic mass is 32.2. The number of hydrogen-bond donors (Lipinski definition) is 2. The van der Waals surface area contributed by atoms with E-state index in [1.54, 1.807) is 0 Å². The summed E-state index contributed by atoms with van der Waals surface area (Å²) in [5, 5.41) is 19.1. The quantitative estimate of drug-likeness (QED) is 0.797. The second-order valence-electron chi connectivity index (χ2n) is 4.84. The van der Waals surface area contributed by atoms with Crippen LogP contribution in [0.25, 0.3) is 0 Å². The first-order valence-corrected chi connectivity index (χ1v) is 7.86. The maximum atomic E-state index is 11.2. The van der Waals surface area contributed by atoms with Gasteiger partial charge in [-0.15, -0.1) is 0 Å². The van der Waals surface area contributed by atoms with E-state index < -0.39 is 15.3 Å². The molecular formula is C13H20O4S. The molecule has 0 amide bonds. The first-order chi connectivity index (χ1) is 8.33. The Hall–Kier alpha value is -0.910. The highest BCUT2D eigenvalue weighted by Crippen LogP contribution is 2.28. The molecule has 1 aromatic rings. The number of aliphatic hydroxyl groups is 2. The highest BCUT2D eigenvalue weighted by Gasteiger charge is 2.31. The van der Waals surface area contributed by atoms with Gasteiger partial charge in [0.2, 0.25) is 0 Å². The predicted molar refractivity (Wildman–Crippen MR) is 71.4 cm³/mol. The van der Waals surface area contributed by atoms with Crippen LogP contribution >= 0.6 is 0 Å².